The van der Waals surface area contributed by atoms with Crippen molar-refractivity contribution in [3.8, 4) is 17.2 Å². The Labute approximate surface area is 267 Å². The van der Waals surface area contributed by atoms with Crippen molar-refractivity contribution in [2.75, 3.05) is 44.0 Å². The number of aromatic nitrogens is 2. The molecule has 13 nitrogen and oxygen atoms in total. The minimum absolute atomic E-state index is 0.187. The molecule has 2 unspecified atom stereocenters. The van der Waals surface area contributed by atoms with Gasteiger partial charge in [0, 0.05) is 41.4 Å². The zero-order valence-corrected chi connectivity index (χ0v) is 26.1. The maximum Gasteiger partial charge on any atom is 0.412 e. The van der Waals surface area contributed by atoms with Gasteiger partial charge < -0.3 is 29.1 Å². The number of rotatable bonds is 8. The standard InChI is InChI=1S/C32H30ClN5O8/c1-17(22-9-10-26(34-22)38(41)42)46-31(39)35-23-14-24-27(21-8-6-5-7-20(21)23)19(15-33)16-37(24)32(40)36-12-11-18-13-25(43-2)29(44-3)30(45-4)28(18)36/h5-14,17,19,34H,15-16H2,1-4H3,(H,35,39). The van der Waals surface area contributed by atoms with E-state index in [1.165, 1.54) is 38.0 Å². The number of benzene rings is 3. The van der Waals surface area contributed by atoms with Gasteiger partial charge in [0.25, 0.3) is 0 Å². The normalized spacial score (nSPS) is 14.6. The summed E-state index contributed by atoms with van der Waals surface area (Å²) in [6, 6.07) is 15.2. The number of alkyl halides is 1. The summed E-state index contributed by atoms with van der Waals surface area (Å²) in [4.78, 5) is 42.2. The Hall–Kier alpha value is -5.43. The molecular formula is C32H30ClN5O8. The van der Waals surface area contributed by atoms with Crippen molar-refractivity contribution in [2.45, 2.75) is 18.9 Å². The van der Waals surface area contributed by atoms with E-state index in [2.05, 4.69) is 10.3 Å². The first kappa shape index (κ1) is 30.6. The minimum atomic E-state index is -0.805. The van der Waals surface area contributed by atoms with Crippen molar-refractivity contribution < 1.29 is 33.5 Å². The molecule has 3 heterocycles. The van der Waals surface area contributed by atoms with Crippen molar-refractivity contribution in [2.24, 2.45) is 0 Å². The van der Waals surface area contributed by atoms with Gasteiger partial charge in [0.1, 0.15) is 11.2 Å². The third kappa shape index (κ3) is 5.08. The van der Waals surface area contributed by atoms with Crippen LogP contribution in [0.3, 0.4) is 0 Å². The molecule has 0 aliphatic carbocycles. The number of H-pyrrole nitrogens is 1. The predicted molar refractivity (Wildman–Crippen MR) is 173 cm³/mol. The van der Waals surface area contributed by atoms with E-state index < -0.39 is 17.1 Å². The van der Waals surface area contributed by atoms with E-state index in [4.69, 9.17) is 30.5 Å². The highest BCUT2D eigenvalue weighted by molar-refractivity contribution is 6.19. The smallest absolute Gasteiger partial charge is 0.412 e. The van der Waals surface area contributed by atoms with Crippen LogP contribution < -0.4 is 24.4 Å². The maximum atomic E-state index is 14.3. The second-order valence-corrected chi connectivity index (χ2v) is 11.0. The van der Waals surface area contributed by atoms with Gasteiger partial charge in [0.2, 0.25) is 5.75 Å². The van der Waals surface area contributed by atoms with Crippen molar-refractivity contribution in [1.82, 2.24) is 9.55 Å². The number of anilines is 2. The molecule has 5 aromatic rings. The zero-order valence-electron chi connectivity index (χ0n) is 25.3. The summed E-state index contributed by atoms with van der Waals surface area (Å²) in [6.45, 7) is 1.90. The molecule has 2 atom stereocenters. The van der Waals surface area contributed by atoms with Gasteiger partial charge in [-0.15, -0.1) is 11.6 Å². The molecular weight excluding hydrogens is 618 g/mol. The Morgan fingerprint density at radius 3 is 2.46 bits per heavy atom. The number of halogens is 1. The summed E-state index contributed by atoms with van der Waals surface area (Å²) in [5, 5.41) is 16.1. The van der Waals surface area contributed by atoms with E-state index >= 15 is 0 Å². The van der Waals surface area contributed by atoms with Crippen LogP contribution >= 0.6 is 11.6 Å². The fourth-order valence-corrected chi connectivity index (χ4v) is 6.27. The van der Waals surface area contributed by atoms with Crippen LogP contribution in [-0.2, 0) is 4.74 Å². The van der Waals surface area contributed by atoms with Crippen molar-refractivity contribution in [1.29, 1.82) is 0 Å². The van der Waals surface area contributed by atoms with E-state index in [0.717, 1.165) is 16.3 Å². The molecule has 1 aliphatic rings. The van der Waals surface area contributed by atoms with Crippen LogP contribution in [0.15, 0.2) is 60.8 Å². The number of methoxy groups -OCH3 is 3. The number of nitrogens with one attached hydrogen (secondary N) is 2. The molecule has 2 N–H and O–H groups in total. The van der Waals surface area contributed by atoms with Gasteiger partial charge in [-0.1, -0.05) is 24.3 Å². The maximum absolute atomic E-state index is 14.3. The van der Waals surface area contributed by atoms with E-state index in [1.807, 2.05) is 24.3 Å². The van der Waals surface area contributed by atoms with E-state index in [-0.39, 0.29) is 23.6 Å². The number of fused-ring (bicyclic) bond motifs is 4. The highest BCUT2D eigenvalue weighted by Crippen LogP contribution is 2.47. The Morgan fingerprint density at radius 1 is 1.07 bits per heavy atom. The van der Waals surface area contributed by atoms with Crippen molar-refractivity contribution in [3.05, 3.63) is 82.2 Å². The zero-order chi connectivity index (χ0) is 32.7. The number of nitro groups is 1. The number of hydrogen-bond donors (Lipinski definition) is 2. The van der Waals surface area contributed by atoms with Crippen LogP contribution in [0.4, 0.5) is 26.8 Å². The molecule has 6 rings (SSSR count). The molecule has 2 amide bonds. The van der Waals surface area contributed by atoms with Gasteiger partial charge in [-0.25, -0.2) is 14.6 Å². The Balaban J connectivity index is 1.39. The lowest BCUT2D eigenvalue weighted by Crippen LogP contribution is -2.33. The number of aromatic amines is 1. The Kier molecular flexibility index (Phi) is 8.09. The summed E-state index contributed by atoms with van der Waals surface area (Å²) < 4.78 is 23.8. The van der Waals surface area contributed by atoms with E-state index in [1.54, 1.807) is 36.2 Å². The molecule has 46 heavy (non-hydrogen) atoms. The highest BCUT2D eigenvalue weighted by Gasteiger charge is 2.36. The topological polar surface area (TPSA) is 150 Å². The third-order valence-electron chi connectivity index (χ3n) is 8.12. The molecule has 0 saturated heterocycles. The van der Waals surface area contributed by atoms with Crippen LogP contribution in [0.1, 0.15) is 30.2 Å². The monoisotopic (exact) mass is 647 g/mol. The average molecular weight is 648 g/mol. The van der Waals surface area contributed by atoms with Gasteiger partial charge in [-0.2, -0.15) is 0 Å². The van der Waals surface area contributed by atoms with Gasteiger partial charge in [0.05, 0.1) is 32.7 Å². The van der Waals surface area contributed by atoms with Crippen molar-refractivity contribution >= 4 is 62.6 Å². The number of carbonyl (C=O) groups excluding carboxylic acids is 2. The minimum Gasteiger partial charge on any atom is -0.493 e. The number of carbonyl (C=O) groups is 2. The lowest BCUT2D eigenvalue weighted by molar-refractivity contribution is -0.389. The summed E-state index contributed by atoms with van der Waals surface area (Å²) in [6.07, 6.45) is 0.0777. The first-order valence-corrected chi connectivity index (χ1v) is 14.8. The van der Waals surface area contributed by atoms with E-state index in [0.29, 0.717) is 51.8 Å². The molecule has 3 aromatic carbocycles. The lowest BCUT2D eigenvalue weighted by Gasteiger charge is -2.21. The summed E-state index contributed by atoms with van der Waals surface area (Å²) >= 11 is 6.48. The van der Waals surface area contributed by atoms with Crippen LogP contribution in [0.2, 0.25) is 0 Å². The Morgan fingerprint density at radius 2 is 1.80 bits per heavy atom. The SMILES string of the molecule is COc1cc2ccn(C(=O)N3CC(CCl)c4c3cc(NC(=O)OC(C)c3ccc([N+](=O)[O-])[nH]3)c3ccccc43)c2c(OC)c1OC. The molecule has 0 fully saturated rings. The largest absolute Gasteiger partial charge is 0.493 e. The molecule has 0 spiro atoms. The molecule has 1 aliphatic heterocycles. The summed E-state index contributed by atoms with van der Waals surface area (Å²) in [7, 11) is 4.52. The molecule has 2 aromatic heterocycles. The van der Waals surface area contributed by atoms with Gasteiger partial charge in [0.15, 0.2) is 17.6 Å². The van der Waals surface area contributed by atoms with E-state index in [9.17, 15) is 19.7 Å². The van der Waals surface area contributed by atoms with Crippen LogP contribution in [-0.4, -0.2) is 60.4 Å². The summed E-state index contributed by atoms with van der Waals surface area (Å²) in [5.74, 6) is 1.02. The number of nitrogens with zero attached hydrogens (tertiary/aromatic N) is 3. The third-order valence-corrected chi connectivity index (χ3v) is 8.49. The predicted octanol–water partition coefficient (Wildman–Crippen LogP) is 7.18. The van der Waals surface area contributed by atoms with Crippen molar-refractivity contribution in [3.63, 3.8) is 0 Å². The highest BCUT2D eigenvalue weighted by atomic mass is 35.5. The van der Waals surface area contributed by atoms with Crippen LogP contribution in [0, 0.1) is 10.1 Å². The van der Waals surface area contributed by atoms with Crippen LogP contribution in [0.25, 0.3) is 21.7 Å². The fourth-order valence-electron chi connectivity index (χ4n) is 6.02. The van der Waals surface area contributed by atoms with Gasteiger partial charge in [-0.05, 0) is 47.1 Å². The second-order valence-electron chi connectivity index (χ2n) is 10.6. The summed E-state index contributed by atoms with van der Waals surface area (Å²) in [5.41, 5.74) is 2.75. The number of hydrogen-bond acceptors (Lipinski definition) is 8. The number of amides is 2. The molecule has 14 heteroatoms. The number of ether oxygens (including phenoxy) is 4. The molecule has 0 saturated carbocycles. The molecule has 0 bridgehead atoms. The van der Waals surface area contributed by atoms with Crippen LogP contribution in [0.5, 0.6) is 17.2 Å². The molecule has 238 valence electrons. The lowest BCUT2D eigenvalue weighted by atomic mass is 9.95. The van der Waals surface area contributed by atoms with Gasteiger partial charge in [-0.3, -0.25) is 14.8 Å². The quantitative estimate of drug-likeness (QED) is 0.102. The molecule has 0 radical (unpaired) electrons. The first-order valence-electron chi connectivity index (χ1n) is 14.2. The second kappa shape index (κ2) is 12.2. The average Bonchev–Trinajstić information content (AvgIpc) is 3.81. The first-order chi connectivity index (χ1) is 22.2. The fraction of sp³-hybridized carbons (Fsp3) is 0.250. The Bertz CT molecular complexity index is 2000. The van der Waals surface area contributed by atoms with Gasteiger partial charge >= 0.3 is 17.9 Å².